The van der Waals surface area contributed by atoms with Crippen LogP contribution in [0.2, 0.25) is 0 Å². The molecular weight excluding hydrogens is 322 g/mol. The van der Waals surface area contributed by atoms with Crippen molar-refractivity contribution in [3.8, 4) is 0 Å². The standard InChI is InChI=1S/C18H23N3O2S/c1-3-21-16-9-8-15(20-11-5-10-19(2)12-13-20)14-6-4-7-17(18(14)16)24(21,22)23/h4,6-9H,3,5,10-13H2,1-2H3. The first-order valence-electron chi connectivity index (χ1n) is 8.56. The molecule has 0 amide bonds. The van der Waals surface area contributed by atoms with Gasteiger partial charge in [0.25, 0.3) is 10.0 Å². The van der Waals surface area contributed by atoms with Gasteiger partial charge in [0.1, 0.15) is 0 Å². The third-order valence-corrected chi connectivity index (χ3v) is 7.07. The Bertz CT molecular complexity index is 895. The Kier molecular flexibility index (Phi) is 3.69. The highest BCUT2D eigenvalue weighted by molar-refractivity contribution is 7.93. The Morgan fingerprint density at radius 2 is 1.79 bits per heavy atom. The summed E-state index contributed by atoms with van der Waals surface area (Å²) in [4.78, 5) is 5.20. The lowest BCUT2D eigenvalue weighted by Crippen LogP contribution is -2.29. The van der Waals surface area contributed by atoms with E-state index in [1.807, 2.05) is 19.1 Å². The molecular formula is C18H23N3O2S. The molecule has 5 nitrogen and oxygen atoms in total. The lowest BCUT2D eigenvalue weighted by Gasteiger charge is -2.25. The number of rotatable bonds is 2. The van der Waals surface area contributed by atoms with Crippen LogP contribution in [0.25, 0.3) is 10.8 Å². The number of anilines is 2. The minimum atomic E-state index is -3.41. The number of sulfonamides is 1. The van der Waals surface area contributed by atoms with E-state index in [0.717, 1.165) is 54.7 Å². The van der Waals surface area contributed by atoms with Crippen molar-refractivity contribution in [2.24, 2.45) is 0 Å². The normalized spacial score (nSPS) is 20.6. The van der Waals surface area contributed by atoms with Gasteiger partial charge in [-0.1, -0.05) is 12.1 Å². The van der Waals surface area contributed by atoms with Crippen molar-refractivity contribution < 1.29 is 8.42 Å². The summed E-state index contributed by atoms with van der Waals surface area (Å²) in [7, 11) is -1.25. The van der Waals surface area contributed by atoms with Crippen molar-refractivity contribution in [2.45, 2.75) is 18.2 Å². The molecule has 0 aromatic heterocycles. The Morgan fingerprint density at radius 3 is 2.58 bits per heavy atom. The van der Waals surface area contributed by atoms with E-state index in [0.29, 0.717) is 11.4 Å². The Labute approximate surface area is 143 Å². The van der Waals surface area contributed by atoms with E-state index in [1.54, 1.807) is 6.07 Å². The topological polar surface area (TPSA) is 43.9 Å². The summed E-state index contributed by atoms with van der Waals surface area (Å²) in [5.74, 6) is 0. The third kappa shape index (κ3) is 2.20. The molecule has 0 N–H and O–H groups in total. The van der Waals surface area contributed by atoms with E-state index in [-0.39, 0.29) is 0 Å². The lowest BCUT2D eigenvalue weighted by atomic mass is 10.1. The van der Waals surface area contributed by atoms with Crippen LogP contribution in [-0.2, 0) is 10.0 Å². The smallest absolute Gasteiger partial charge is 0.265 e. The summed E-state index contributed by atoms with van der Waals surface area (Å²) in [5, 5.41) is 1.93. The van der Waals surface area contributed by atoms with Crippen LogP contribution < -0.4 is 9.21 Å². The second kappa shape index (κ2) is 5.63. The number of nitrogens with zero attached hydrogens (tertiary/aromatic N) is 3. The molecule has 24 heavy (non-hydrogen) atoms. The molecule has 128 valence electrons. The van der Waals surface area contributed by atoms with E-state index in [1.165, 1.54) is 4.31 Å². The molecule has 2 aliphatic heterocycles. The predicted octanol–water partition coefficient (Wildman–Crippen LogP) is 2.51. The van der Waals surface area contributed by atoms with E-state index >= 15 is 0 Å². The first-order chi connectivity index (χ1) is 11.5. The lowest BCUT2D eigenvalue weighted by molar-refractivity contribution is 0.360. The van der Waals surface area contributed by atoms with Crippen molar-refractivity contribution in [3.05, 3.63) is 30.3 Å². The van der Waals surface area contributed by atoms with Gasteiger partial charge in [0.2, 0.25) is 0 Å². The molecule has 2 aromatic rings. The van der Waals surface area contributed by atoms with Crippen LogP contribution in [0.5, 0.6) is 0 Å². The van der Waals surface area contributed by atoms with Crippen molar-refractivity contribution in [1.82, 2.24) is 4.90 Å². The first kappa shape index (κ1) is 15.7. The zero-order valence-corrected chi connectivity index (χ0v) is 15.0. The third-order valence-electron chi connectivity index (χ3n) is 5.14. The van der Waals surface area contributed by atoms with Crippen LogP contribution in [0, 0.1) is 0 Å². The maximum absolute atomic E-state index is 12.8. The molecule has 1 saturated heterocycles. The summed E-state index contributed by atoms with van der Waals surface area (Å²) in [6.07, 6.45) is 1.12. The van der Waals surface area contributed by atoms with Crippen molar-refractivity contribution in [3.63, 3.8) is 0 Å². The zero-order chi connectivity index (χ0) is 16.9. The van der Waals surface area contributed by atoms with Gasteiger partial charge in [0.05, 0.1) is 10.6 Å². The van der Waals surface area contributed by atoms with Crippen LogP contribution in [-0.4, -0.2) is 53.1 Å². The summed E-state index contributed by atoms with van der Waals surface area (Å²) >= 11 is 0. The molecule has 0 bridgehead atoms. The first-order valence-corrected chi connectivity index (χ1v) is 10.00. The summed E-state index contributed by atoms with van der Waals surface area (Å²) < 4.78 is 27.1. The number of hydrogen-bond donors (Lipinski definition) is 0. The minimum absolute atomic E-state index is 0.450. The molecule has 0 unspecified atom stereocenters. The van der Waals surface area contributed by atoms with Crippen LogP contribution in [0.4, 0.5) is 11.4 Å². The van der Waals surface area contributed by atoms with Gasteiger partial charge in [0, 0.05) is 42.6 Å². The van der Waals surface area contributed by atoms with Gasteiger partial charge in [-0.25, -0.2) is 8.42 Å². The summed E-state index contributed by atoms with van der Waals surface area (Å²) in [6, 6.07) is 9.73. The van der Waals surface area contributed by atoms with E-state index in [4.69, 9.17) is 0 Å². The zero-order valence-electron chi connectivity index (χ0n) is 14.2. The van der Waals surface area contributed by atoms with Gasteiger partial charge in [-0.15, -0.1) is 0 Å². The van der Waals surface area contributed by atoms with Gasteiger partial charge in [-0.05, 0) is 45.1 Å². The van der Waals surface area contributed by atoms with Crippen LogP contribution in [0.1, 0.15) is 13.3 Å². The molecule has 2 aromatic carbocycles. The Balaban J connectivity index is 1.90. The molecule has 4 rings (SSSR count). The number of hydrogen-bond acceptors (Lipinski definition) is 4. The van der Waals surface area contributed by atoms with Crippen LogP contribution >= 0.6 is 0 Å². The van der Waals surface area contributed by atoms with Gasteiger partial charge in [-0.2, -0.15) is 0 Å². The fraction of sp³-hybridized carbons (Fsp3) is 0.444. The molecule has 6 heteroatoms. The van der Waals surface area contributed by atoms with Crippen LogP contribution in [0.15, 0.2) is 35.2 Å². The second-order valence-electron chi connectivity index (χ2n) is 6.60. The molecule has 0 atom stereocenters. The monoisotopic (exact) mass is 345 g/mol. The highest BCUT2D eigenvalue weighted by Gasteiger charge is 2.35. The van der Waals surface area contributed by atoms with E-state index < -0.39 is 10.0 Å². The largest absolute Gasteiger partial charge is 0.370 e. The summed E-state index contributed by atoms with van der Waals surface area (Å²) in [6.45, 7) is 6.46. The highest BCUT2D eigenvalue weighted by atomic mass is 32.2. The SMILES string of the molecule is CCN1c2ccc(N3CCCN(C)CC3)c3cccc(c23)S1(=O)=O. The van der Waals surface area contributed by atoms with Gasteiger partial charge in [-0.3, -0.25) is 4.31 Å². The number of likely N-dealkylation sites (N-methyl/N-ethyl adjacent to an activating group) is 1. The fourth-order valence-corrected chi connectivity index (χ4v) is 5.63. The Morgan fingerprint density at radius 1 is 1.00 bits per heavy atom. The van der Waals surface area contributed by atoms with Crippen molar-refractivity contribution >= 4 is 32.2 Å². The quantitative estimate of drug-likeness (QED) is 0.839. The van der Waals surface area contributed by atoms with Crippen molar-refractivity contribution in [2.75, 3.05) is 49.0 Å². The maximum Gasteiger partial charge on any atom is 0.265 e. The molecule has 0 saturated carbocycles. The van der Waals surface area contributed by atoms with Gasteiger partial charge in [0.15, 0.2) is 0 Å². The maximum atomic E-state index is 12.8. The molecule has 1 fully saturated rings. The van der Waals surface area contributed by atoms with E-state index in [9.17, 15) is 8.42 Å². The average Bonchev–Trinajstić information content (AvgIpc) is 2.69. The summed E-state index contributed by atoms with van der Waals surface area (Å²) in [5.41, 5.74) is 1.97. The molecule has 0 radical (unpaired) electrons. The minimum Gasteiger partial charge on any atom is -0.370 e. The Hall–Kier alpha value is -1.79. The molecule has 0 aliphatic carbocycles. The van der Waals surface area contributed by atoms with Crippen LogP contribution in [0.3, 0.4) is 0 Å². The molecule has 0 spiro atoms. The van der Waals surface area contributed by atoms with Gasteiger partial charge >= 0.3 is 0 Å². The fourth-order valence-electron chi connectivity index (χ4n) is 3.91. The molecule has 2 aliphatic rings. The number of benzene rings is 2. The average molecular weight is 345 g/mol. The second-order valence-corrected chi connectivity index (χ2v) is 8.43. The van der Waals surface area contributed by atoms with Gasteiger partial charge < -0.3 is 9.80 Å². The predicted molar refractivity (Wildman–Crippen MR) is 98.5 cm³/mol. The van der Waals surface area contributed by atoms with Crippen molar-refractivity contribution in [1.29, 1.82) is 0 Å². The van der Waals surface area contributed by atoms with E-state index in [2.05, 4.69) is 29.0 Å². The highest BCUT2D eigenvalue weighted by Crippen LogP contribution is 2.45. The molecule has 2 heterocycles.